The largest absolute Gasteiger partial charge is 0.478 e. The second-order valence-electron chi connectivity index (χ2n) is 9.83. The van der Waals surface area contributed by atoms with Crippen LogP contribution in [0.1, 0.15) is 37.7 Å². The number of nitrogens with zero attached hydrogens (tertiary/aromatic N) is 5. The third kappa shape index (κ3) is 6.30. The number of ether oxygens (including phenoxy) is 1. The van der Waals surface area contributed by atoms with Crippen molar-refractivity contribution in [1.29, 1.82) is 0 Å². The van der Waals surface area contributed by atoms with Crippen LogP contribution >= 0.6 is 11.3 Å². The molecule has 3 heterocycles. The molecule has 1 saturated heterocycles. The van der Waals surface area contributed by atoms with Crippen LogP contribution in [-0.4, -0.2) is 85.5 Å². The van der Waals surface area contributed by atoms with E-state index in [1.165, 1.54) is 11.3 Å². The van der Waals surface area contributed by atoms with Gasteiger partial charge in [-0.2, -0.15) is 5.10 Å². The molecule has 3 aromatic rings. The van der Waals surface area contributed by atoms with Crippen molar-refractivity contribution in [1.82, 2.24) is 19.9 Å². The van der Waals surface area contributed by atoms with Gasteiger partial charge in [-0.15, -0.1) is 0 Å². The zero-order valence-corrected chi connectivity index (χ0v) is 23.2. The fraction of sp³-hybridized carbons (Fsp3) is 0.462. The molecule has 0 unspecified atom stereocenters. The molecule has 0 bridgehead atoms. The molecule has 1 amide bonds. The van der Waals surface area contributed by atoms with Crippen molar-refractivity contribution in [3.8, 4) is 5.88 Å². The highest BCUT2D eigenvalue weighted by molar-refractivity contribution is 7.92. The van der Waals surface area contributed by atoms with Gasteiger partial charge in [0.2, 0.25) is 5.88 Å². The summed E-state index contributed by atoms with van der Waals surface area (Å²) in [6.45, 7) is 3.04. The number of thiazole rings is 1. The number of sulfone groups is 1. The molecule has 0 spiro atoms. The summed E-state index contributed by atoms with van der Waals surface area (Å²) < 4.78 is 31.0. The second-order valence-corrected chi connectivity index (χ2v) is 13.0. The number of hydrazone groups is 1. The highest BCUT2D eigenvalue weighted by Gasteiger charge is 2.36. The summed E-state index contributed by atoms with van der Waals surface area (Å²) in [5.41, 5.74) is 1.44. The first kappa shape index (κ1) is 26.5. The molecule has 1 saturated carbocycles. The monoisotopic (exact) mass is 556 g/mol. The van der Waals surface area contributed by atoms with E-state index in [1.54, 1.807) is 30.3 Å². The van der Waals surface area contributed by atoms with Crippen LogP contribution in [0.4, 0.5) is 5.13 Å². The molecule has 1 aliphatic carbocycles. The summed E-state index contributed by atoms with van der Waals surface area (Å²) in [5.74, 6) is 0.115. The van der Waals surface area contributed by atoms with E-state index < -0.39 is 15.7 Å². The van der Waals surface area contributed by atoms with Gasteiger partial charge in [0, 0.05) is 31.3 Å². The summed E-state index contributed by atoms with van der Waals surface area (Å²) in [7, 11) is 0.735. The van der Waals surface area contributed by atoms with Gasteiger partial charge in [-0.05, 0) is 64.4 Å². The molecule has 5 rings (SSSR count). The second kappa shape index (κ2) is 11.3. The molecular formula is C26H32N6O4S2. The number of anilines is 1. The number of pyridine rings is 1. The number of fused-ring (bicyclic) bond motifs is 1. The Hall–Kier alpha value is -3.09. The van der Waals surface area contributed by atoms with Crippen LogP contribution in [0.5, 0.6) is 5.88 Å². The van der Waals surface area contributed by atoms with Crippen molar-refractivity contribution >= 4 is 48.3 Å². The van der Waals surface area contributed by atoms with Gasteiger partial charge in [-0.3, -0.25) is 15.1 Å². The van der Waals surface area contributed by atoms with E-state index in [-0.39, 0.29) is 15.9 Å². The number of carbonyl (C=O) groups is 1. The molecule has 2 aromatic heterocycles. The highest BCUT2D eigenvalue weighted by Crippen LogP contribution is 2.33. The minimum Gasteiger partial charge on any atom is -0.478 e. The number of carbonyl (C=O) groups excluding carboxylic acids is 1. The van der Waals surface area contributed by atoms with Crippen LogP contribution in [0.15, 0.2) is 46.4 Å². The number of hydrogen-bond donors (Lipinski definition) is 1. The van der Waals surface area contributed by atoms with Crippen molar-refractivity contribution in [2.45, 2.75) is 42.2 Å². The Morgan fingerprint density at radius 3 is 2.55 bits per heavy atom. The van der Waals surface area contributed by atoms with Crippen LogP contribution in [0, 0.1) is 0 Å². The lowest BCUT2D eigenvalue weighted by molar-refractivity contribution is -0.110. The van der Waals surface area contributed by atoms with E-state index >= 15 is 0 Å². The minimum atomic E-state index is -3.31. The standard InChI is InChI=1S/C26H32N6O4S2/c1-31(2)14-5-17-36-22-13-12-21-25(28-22)37-26(27-21)29-24(33)23(30-32-15-3-4-16-32)18-6-8-19(9-7-18)38(34,35)20-10-11-20/h6-9,12-13,20H,3-5,10-11,14-17H2,1-2H3,(H,27,29,33). The normalized spacial score (nSPS) is 16.4. The van der Waals surface area contributed by atoms with E-state index in [9.17, 15) is 13.2 Å². The first-order valence-corrected chi connectivity index (χ1v) is 15.2. The Balaban J connectivity index is 1.33. The van der Waals surface area contributed by atoms with Crippen LogP contribution < -0.4 is 10.1 Å². The van der Waals surface area contributed by atoms with Gasteiger partial charge in [0.15, 0.2) is 20.7 Å². The number of amides is 1. The zero-order valence-electron chi connectivity index (χ0n) is 21.6. The number of hydrogen-bond acceptors (Lipinski definition) is 10. The average Bonchev–Trinajstić information content (AvgIpc) is 3.50. The van der Waals surface area contributed by atoms with Gasteiger partial charge in [-0.25, -0.2) is 18.4 Å². The first-order valence-electron chi connectivity index (χ1n) is 12.8. The van der Waals surface area contributed by atoms with E-state index in [0.29, 0.717) is 46.4 Å². The maximum Gasteiger partial charge on any atom is 0.278 e. The predicted molar refractivity (Wildman–Crippen MR) is 149 cm³/mol. The van der Waals surface area contributed by atoms with Gasteiger partial charge in [-0.1, -0.05) is 23.5 Å². The van der Waals surface area contributed by atoms with Crippen molar-refractivity contribution in [2.24, 2.45) is 5.10 Å². The van der Waals surface area contributed by atoms with E-state index in [2.05, 4.69) is 25.3 Å². The zero-order chi connectivity index (χ0) is 26.7. The molecule has 10 nitrogen and oxygen atoms in total. The van der Waals surface area contributed by atoms with Crippen LogP contribution in [0.2, 0.25) is 0 Å². The topological polar surface area (TPSA) is 117 Å². The van der Waals surface area contributed by atoms with Crippen molar-refractivity contribution in [2.75, 3.05) is 45.7 Å². The fourth-order valence-corrected chi connectivity index (χ4v) is 6.68. The Bertz CT molecular complexity index is 1430. The molecule has 38 heavy (non-hydrogen) atoms. The van der Waals surface area contributed by atoms with E-state index in [1.807, 2.05) is 25.2 Å². The average molecular weight is 557 g/mol. The first-order chi connectivity index (χ1) is 18.3. The Labute approximate surface area is 226 Å². The number of benzene rings is 1. The van der Waals surface area contributed by atoms with E-state index in [4.69, 9.17) is 4.74 Å². The van der Waals surface area contributed by atoms with Crippen molar-refractivity contribution < 1.29 is 17.9 Å². The SMILES string of the molecule is CN(C)CCCOc1ccc2nc(NC(=O)C(=NN3CCCC3)c3ccc(S(=O)(=O)C4CC4)cc3)sc2n1. The van der Waals surface area contributed by atoms with Crippen molar-refractivity contribution in [3.05, 3.63) is 42.0 Å². The smallest absolute Gasteiger partial charge is 0.278 e. The Morgan fingerprint density at radius 1 is 1.13 bits per heavy atom. The lowest BCUT2D eigenvalue weighted by atomic mass is 10.1. The molecule has 0 atom stereocenters. The molecule has 0 radical (unpaired) electrons. The van der Waals surface area contributed by atoms with Gasteiger partial charge in [0.1, 0.15) is 10.3 Å². The highest BCUT2D eigenvalue weighted by atomic mass is 32.2. The molecule has 2 aliphatic rings. The Morgan fingerprint density at radius 2 is 1.87 bits per heavy atom. The molecule has 202 valence electrons. The maximum atomic E-state index is 13.4. The predicted octanol–water partition coefficient (Wildman–Crippen LogP) is 3.40. The van der Waals surface area contributed by atoms with Crippen LogP contribution in [0.25, 0.3) is 10.3 Å². The molecule has 1 N–H and O–H groups in total. The summed E-state index contributed by atoms with van der Waals surface area (Å²) in [5, 5.41) is 9.50. The van der Waals surface area contributed by atoms with E-state index in [0.717, 1.165) is 38.9 Å². The summed E-state index contributed by atoms with van der Waals surface area (Å²) in [6, 6.07) is 10.1. The lowest BCUT2D eigenvalue weighted by Gasteiger charge is -2.14. The molecule has 2 fully saturated rings. The van der Waals surface area contributed by atoms with Crippen LogP contribution in [-0.2, 0) is 14.6 Å². The van der Waals surface area contributed by atoms with Gasteiger partial charge < -0.3 is 9.64 Å². The molecule has 1 aliphatic heterocycles. The Kier molecular flexibility index (Phi) is 7.91. The van der Waals surface area contributed by atoms with Crippen molar-refractivity contribution in [3.63, 3.8) is 0 Å². The molecular weight excluding hydrogens is 524 g/mol. The third-order valence-electron chi connectivity index (χ3n) is 6.41. The maximum absolute atomic E-state index is 13.4. The minimum absolute atomic E-state index is 0.222. The number of aromatic nitrogens is 2. The van der Waals surface area contributed by atoms with Gasteiger partial charge in [0.25, 0.3) is 5.91 Å². The summed E-state index contributed by atoms with van der Waals surface area (Å²) >= 11 is 1.26. The quantitative estimate of drug-likeness (QED) is 0.282. The van der Waals surface area contributed by atoms with Gasteiger partial charge in [0.05, 0.1) is 16.8 Å². The van der Waals surface area contributed by atoms with Crippen LogP contribution in [0.3, 0.4) is 0 Å². The number of rotatable bonds is 11. The fourth-order valence-electron chi connectivity index (χ4n) is 4.20. The number of nitrogens with one attached hydrogen (secondary N) is 1. The third-order valence-corrected chi connectivity index (χ3v) is 9.57. The lowest BCUT2D eigenvalue weighted by Crippen LogP contribution is -2.27. The summed E-state index contributed by atoms with van der Waals surface area (Å²) in [4.78, 5) is 25.5. The molecule has 12 heteroatoms. The summed E-state index contributed by atoms with van der Waals surface area (Å²) in [6.07, 6.45) is 4.33. The molecule has 1 aromatic carbocycles. The van der Waals surface area contributed by atoms with Gasteiger partial charge >= 0.3 is 0 Å².